The van der Waals surface area contributed by atoms with Crippen LogP contribution in [0.15, 0.2) is 58.3 Å². The van der Waals surface area contributed by atoms with Crippen LogP contribution in [0.2, 0.25) is 0 Å². The molecule has 0 bridgehead atoms. The lowest BCUT2D eigenvalue weighted by Gasteiger charge is -2.22. The zero-order valence-corrected chi connectivity index (χ0v) is 25.2. The molecule has 0 heterocycles. The SMILES string of the molecule is CCCCCCC(CCC(CCCCCC)OS(=O)(=O)c1ccc(C)cc1)OS(=O)(=O)c1ccc(C)cc1. The van der Waals surface area contributed by atoms with E-state index in [-0.39, 0.29) is 9.79 Å². The van der Waals surface area contributed by atoms with Crippen LogP contribution in [0.3, 0.4) is 0 Å². The molecular formula is C30H46O6S2. The molecule has 2 aromatic rings. The van der Waals surface area contributed by atoms with E-state index in [1.165, 1.54) is 0 Å². The van der Waals surface area contributed by atoms with Gasteiger partial charge in [-0.1, -0.05) is 101 Å². The predicted molar refractivity (Wildman–Crippen MR) is 153 cm³/mol. The van der Waals surface area contributed by atoms with Crippen molar-refractivity contribution in [2.24, 2.45) is 0 Å². The first kappa shape index (κ1) is 32.5. The van der Waals surface area contributed by atoms with E-state index in [0.717, 1.165) is 62.5 Å². The second kappa shape index (κ2) is 16.4. The van der Waals surface area contributed by atoms with E-state index >= 15 is 0 Å². The van der Waals surface area contributed by atoms with Crippen LogP contribution in [0.4, 0.5) is 0 Å². The molecule has 2 atom stereocenters. The van der Waals surface area contributed by atoms with Crippen molar-refractivity contribution in [1.82, 2.24) is 0 Å². The summed E-state index contributed by atoms with van der Waals surface area (Å²) in [6, 6.07) is 13.3. The zero-order chi connectivity index (χ0) is 28.0. The maximum Gasteiger partial charge on any atom is 0.297 e. The molecule has 0 saturated heterocycles. The lowest BCUT2D eigenvalue weighted by atomic mass is 10.0. The minimum atomic E-state index is -3.93. The van der Waals surface area contributed by atoms with Crippen LogP contribution in [-0.4, -0.2) is 29.0 Å². The molecule has 0 fully saturated rings. The minimum absolute atomic E-state index is 0.135. The van der Waals surface area contributed by atoms with Crippen LogP contribution in [0.1, 0.15) is 102 Å². The molecule has 2 unspecified atom stereocenters. The van der Waals surface area contributed by atoms with Crippen molar-refractivity contribution in [3.05, 3.63) is 59.7 Å². The molecule has 0 saturated carbocycles. The lowest BCUT2D eigenvalue weighted by Crippen LogP contribution is -2.24. The summed E-state index contributed by atoms with van der Waals surface area (Å²) in [7, 11) is -7.86. The third kappa shape index (κ3) is 11.6. The van der Waals surface area contributed by atoms with Gasteiger partial charge in [0.25, 0.3) is 20.2 Å². The first-order chi connectivity index (χ1) is 18.1. The van der Waals surface area contributed by atoms with E-state index in [4.69, 9.17) is 8.37 Å². The van der Waals surface area contributed by atoms with Crippen molar-refractivity contribution in [2.75, 3.05) is 0 Å². The third-order valence-electron chi connectivity index (χ3n) is 6.71. The molecule has 6 nitrogen and oxygen atoms in total. The van der Waals surface area contributed by atoms with Crippen molar-refractivity contribution in [2.45, 2.75) is 127 Å². The Labute approximate surface area is 231 Å². The first-order valence-electron chi connectivity index (χ1n) is 14.1. The molecule has 2 aromatic carbocycles. The average molecular weight is 567 g/mol. The second-order valence-corrected chi connectivity index (χ2v) is 13.4. The lowest BCUT2D eigenvalue weighted by molar-refractivity contribution is 0.135. The molecule has 0 spiro atoms. The fourth-order valence-electron chi connectivity index (χ4n) is 4.33. The van der Waals surface area contributed by atoms with Crippen LogP contribution in [0.25, 0.3) is 0 Å². The fraction of sp³-hybridized carbons (Fsp3) is 0.600. The first-order valence-corrected chi connectivity index (χ1v) is 16.9. The normalized spacial score (nSPS) is 13.9. The van der Waals surface area contributed by atoms with Gasteiger partial charge in [0.05, 0.1) is 22.0 Å². The topological polar surface area (TPSA) is 86.7 Å². The summed E-state index contributed by atoms with van der Waals surface area (Å²) >= 11 is 0. The van der Waals surface area contributed by atoms with Crippen LogP contribution in [0.5, 0.6) is 0 Å². The number of aryl methyl sites for hydroxylation is 2. The van der Waals surface area contributed by atoms with Gasteiger partial charge in [-0.05, 0) is 63.8 Å². The Morgan fingerprint density at radius 2 is 0.868 bits per heavy atom. The van der Waals surface area contributed by atoms with Crippen LogP contribution in [0, 0.1) is 13.8 Å². The maximum atomic E-state index is 13.0. The van der Waals surface area contributed by atoms with E-state index in [1.807, 2.05) is 13.8 Å². The molecule has 0 aromatic heterocycles. The van der Waals surface area contributed by atoms with E-state index in [9.17, 15) is 16.8 Å². The molecule has 0 amide bonds. The molecule has 0 aliphatic heterocycles. The molecule has 0 radical (unpaired) electrons. The number of hydrogen-bond acceptors (Lipinski definition) is 6. The van der Waals surface area contributed by atoms with Gasteiger partial charge in [-0.25, -0.2) is 0 Å². The third-order valence-corrected chi connectivity index (χ3v) is 9.46. The van der Waals surface area contributed by atoms with Gasteiger partial charge in [-0.3, -0.25) is 8.37 Å². The summed E-state index contributed by atoms with van der Waals surface area (Å²) in [5.74, 6) is 0. The Bertz CT molecular complexity index is 1050. The highest BCUT2D eigenvalue weighted by Gasteiger charge is 2.26. The highest BCUT2D eigenvalue weighted by Crippen LogP contribution is 2.25. The number of rotatable bonds is 19. The number of unbranched alkanes of at least 4 members (excludes halogenated alkanes) is 6. The molecule has 0 N–H and O–H groups in total. The summed E-state index contributed by atoms with van der Waals surface area (Å²) in [5, 5.41) is 0. The standard InChI is InChI=1S/C30H46O6S2/c1-5-7-9-11-13-27(35-37(31,32)29-21-15-25(3)16-22-29)19-20-28(14-12-10-8-6-2)36-38(33,34)30-23-17-26(4)18-24-30/h15-18,21-24,27-28H,5-14,19-20H2,1-4H3. The minimum Gasteiger partial charge on any atom is -0.263 e. The zero-order valence-electron chi connectivity index (χ0n) is 23.5. The van der Waals surface area contributed by atoms with Gasteiger partial charge >= 0.3 is 0 Å². The Morgan fingerprint density at radius 1 is 0.526 bits per heavy atom. The van der Waals surface area contributed by atoms with Gasteiger partial charge in [-0.2, -0.15) is 16.8 Å². The predicted octanol–water partition coefficient (Wildman–Crippen LogP) is 7.87. The summed E-state index contributed by atoms with van der Waals surface area (Å²) < 4.78 is 63.6. The maximum absolute atomic E-state index is 13.0. The second-order valence-electron chi connectivity index (χ2n) is 10.2. The van der Waals surface area contributed by atoms with Crippen LogP contribution in [-0.2, 0) is 28.6 Å². The number of hydrogen-bond donors (Lipinski definition) is 0. The van der Waals surface area contributed by atoms with Crippen molar-refractivity contribution in [3.8, 4) is 0 Å². The largest absolute Gasteiger partial charge is 0.297 e. The molecular weight excluding hydrogens is 520 g/mol. The van der Waals surface area contributed by atoms with E-state index in [2.05, 4.69) is 13.8 Å². The van der Waals surface area contributed by atoms with E-state index < -0.39 is 32.4 Å². The highest BCUT2D eigenvalue weighted by atomic mass is 32.2. The molecule has 0 aliphatic rings. The van der Waals surface area contributed by atoms with Gasteiger partial charge in [0.2, 0.25) is 0 Å². The summed E-state index contributed by atoms with van der Waals surface area (Å²) in [6.45, 7) is 8.06. The Balaban J connectivity index is 2.15. The van der Waals surface area contributed by atoms with E-state index in [0.29, 0.717) is 25.7 Å². The van der Waals surface area contributed by atoms with Gasteiger partial charge in [0.15, 0.2) is 0 Å². The van der Waals surface area contributed by atoms with Gasteiger partial charge in [0.1, 0.15) is 0 Å². The summed E-state index contributed by atoms with van der Waals surface area (Å²) in [5.41, 5.74) is 1.94. The summed E-state index contributed by atoms with van der Waals surface area (Å²) in [6.07, 6.45) is 8.94. The van der Waals surface area contributed by atoms with Gasteiger partial charge in [0, 0.05) is 0 Å². The Hall–Kier alpha value is -1.74. The molecule has 8 heteroatoms. The van der Waals surface area contributed by atoms with Crippen LogP contribution < -0.4 is 0 Å². The fourth-order valence-corrected chi connectivity index (χ4v) is 6.59. The smallest absolute Gasteiger partial charge is 0.263 e. The molecule has 214 valence electrons. The van der Waals surface area contributed by atoms with Crippen molar-refractivity contribution in [3.63, 3.8) is 0 Å². The Kier molecular flexibility index (Phi) is 14.0. The van der Waals surface area contributed by atoms with Crippen molar-refractivity contribution in [1.29, 1.82) is 0 Å². The van der Waals surface area contributed by atoms with E-state index in [1.54, 1.807) is 48.5 Å². The molecule has 38 heavy (non-hydrogen) atoms. The monoisotopic (exact) mass is 566 g/mol. The summed E-state index contributed by atoms with van der Waals surface area (Å²) in [4.78, 5) is 0.270. The number of benzene rings is 2. The average Bonchev–Trinajstić information content (AvgIpc) is 2.87. The van der Waals surface area contributed by atoms with Crippen molar-refractivity contribution >= 4 is 20.2 Å². The van der Waals surface area contributed by atoms with Crippen LogP contribution >= 0.6 is 0 Å². The quantitative estimate of drug-likeness (QED) is 0.127. The molecule has 2 rings (SSSR count). The highest BCUT2D eigenvalue weighted by molar-refractivity contribution is 7.87. The Morgan fingerprint density at radius 3 is 1.18 bits per heavy atom. The molecule has 0 aliphatic carbocycles. The van der Waals surface area contributed by atoms with Gasteiger partial charge in [-0.15, -0.1) is 0 Å². The van der Waals surface area contributed by atoms with Gasteiger partial charge < -0.3 is 0 Å². The van der Waals surface area contributed by atoms with Crippen molar-refractivity contribution < 1.29 is 25.2 Å².